The molecule has 2 N–H and O–H groups in total. The fourth-order valence-corrected chi connectivity index (χ4v) is 2.63. The lowest BCUT2D eigenvalue weighted by atomic mass is 9.98. The van der Waals surface area contributed by atoms with E-state index in [9.17, 15) is 13.2 Å². The normalized spacial score (nSPS) is 25.3. The average Bonchev–Trinajstić information content (AvgIpc) is 2.88. The molecule has 0 unspecified atom stereocenters. The van der Waals surface area contributed by atoms with Crippen molar-refractivity contribution in [2.24, 2.45) is 5.73 Å². The van der Waals surface area contributed by atoms with Gasteiger partial charge in [-0.3, -0.25) is 4.90 Å². The minimum atomic E-state index is -4.10. The Morgan fingerprint density at radius 1 is 1.19 bits per heavy atom. The maximum atomic E-state index is 12.4. The SMILES string of the molecule is NC1(CN(CC(F)(F)F)C2CC2)CCCC1. The molecule has 0 bridgehead atoms. The van der Waals surface area contributed by atoms with Gasteiger partial charge in [0.15, 0.2) is 0 Å². The molecule has 0 aromatic heterocycles. The van der Waals surface area contributed by atoms with Gasteiger partial charge in [-0.15, -0.1) is 0 Å². The van der Waals surface area contributed by atoms with E-state index < -0.39 is 12.7 Å². The largest absolute Gasteiger partial charge is 0.401 e. The molecule has 94 valence electrons. The first-order chi connectivity index (χ1) is 7.38. The van der Waals surface area contributed by atoms with Crippen LogP contribution >= 0.6 is 0 Å². The lowest BCUT2D eigenvalue weighted by molar-refractivity contribution is -0.148. The highest BCUT2D eigenvalue weighted by molar-refractivity contribution is 4.96. The first kappa shape index (κ1) is 12.2. The van der Waals surface area contributed by atoms with Crippen LogP contribution in [-0.4, -0.2) is 35.7 Å². The van der Waals surface area contributed by atoms with Gasteiger partial charge in [0, 0.05) is 18.1 Å². The average molecular weight is 236 g/mol. The first-order valence-electron chi connectivity index (χ1n) is 5.98. The zero-order valence-corrected chi connectivity index (χ0v) is 9.39. The number of halogens is 3. The van der Waals surface area contributed by atoms with E-state index in [4.69, 9.17) is 5.73 Å². The molecule has 16 heavy (non-hydrogen) atoms. The monoisotopic (exact) mass is 236 g/mol. The molecule has 0 saturated heterocycles. The van der Waals surface area contributed by atoms with E-state index in [1.54, 1.807) is 4.90 Å². The van der Waals surface area contributed by atoms with E-state index in [-0.39, 0.29) is 11.6 Å². The van der Waals surface area contributed by atoms with Crippen LogP contribution in [0.3, 0.4) is 0 Å². The summed E-state index contributed by atoms with van der Waals surface area (Å²) in [5, 5.41) is 0. The fraction of sp³-hybridized carbons (Fsp3) is 1.00. The second-order valence-electron chi connectivity index (χ2n) is 5.32. The minimum Gasteiger partial charge on any atom is -0.324 e. The van der Waals surface area contributed by atoms with Crippen molar-refractivity contribution in [3.05, 3.63) is 0 Å². The van der Waals surface area contributed by atoms with Crippen molar-refractivity contribution in [3.8, 4) is 0 Å². The zero-order chi connectivity index (χ0) is 11.8. The predicted molar refractivity (Wildman–Crippen MR) is 56.0 cm³/mol. The molecule has 0 atom stereocenters. The summed E-state index contributed by atoms with van der Waals surface area (Å²) >= 11 is 0. The molecule has 2 rings (SSSR count). The Balaban J connectivity index is 1.92. The van der Waals surface area contributed by atoms with Crippen LogP contribution in [0.15, 0.2) is 0 Å². The molecule has 2 nitrogen and oxygen atoms in total. The first-order valence-corrected chi connectivity index (χ1v) is 5.98. The molecule has 0 aliphatic heterocycles. The Bertz CT molecular complexity index is 242. The Hall–Kier alpha value is -0.290. The van der Waals surface area contributed by atoms with Crippen molar-refractivity contribution in [2.75, 3.05) is 13.1 Å². The van der Waals surface area contributed by atoms with Crippen molar-refractivity contribution in [1.29, 1.82) is 0 Å². The molecule has 0 spiro atoms. The Morgan fingerprint density at radius 3 is 2.19 bits per heavy atom. The molecular weight excluding hydrogens is 217 g/mol. The van der Waals surface area contributed by atoms with Crippen LogP contribution in [0.5, 0.6) is 0 Å². The van der Waals surface area contributed by atoms with Crippen LogP contribution in [0.1, 0.15) is 38.5 Å². The predicted octanol–water partition coefficient (Wildman–Crippen LogP) is 2.28. The van der Waals surface area contributed by atoms with Crippen LogP contribution < -0.4 is 5.73 Å². The maximum Gasteiger partial charge on any atom is 0.401 e. The molecule has 5 heteroatoms. The topological polar surface area (TPSA) is 29.3 Å². The third-order valence-corrected chi connectivity index (χ3v) is 3.56. The quantitative estimate of drug-likeness (QED) is 0.811. The maximum absolute atomic E-state index is 12.4. The van der Waals surface area contributed by atoms with Crippen LogP contribution in [0.25, 0.3) is 0 Å². The Kier molecular flexibility index (Phi) is 3.18. The third-order valence-electron chi connectivity index (χ3n) is 3.56. The summed E-state index contributed by atoms with van der Waals surface area (Å²) in [6.07, 6.45) is 1.54. The Labute approximate surface area is 94.0 Å². The summed E-state index contributed by atoms with van der Waals surface area (Å²) < 4.78 is 37.2. The summed E-state index contributed by atoms with van der Waals surface area (Å²) in [7, 11) is 0. The summed E-state index contributed by atoms with van der Waals surface area (Å²) in [6, 6.07) is 0.127. The van der Waals surface area contributed by atoms with Gasteiger partial charge in [-0.2, -0.15) is 13.2 Å². The van der Waals surface area contributed by atoms with Crippen molar-refractivity contribution >= 4 is 0 Å². The lowest BCUT2D eigenvalue weighted by Crippen LogP contribution is -2.51. The van der Waals surface area contributed by atoms with Gasteiger partial charge in [0.1, 0.15) is 0 Å². The summed E-state index contributed by atoms with van der Waals surface area (Å²) in [5.74, 6) is 0. The summed E-state index contributed by atoms with van der Waals surface area (Å²) in [6.45, 7) is -0.381. The van der Waals surface area contributed by atoms with E-state index in [2.05, 4.69) is 0 Å². The molecule has 2 fully saturated rings. The zero-order valence-electron chi connectivity index (χ0n) is 9.39. The fourth-order valence-electron chi connectivity index (χ4n) is 2.63. The molecule has 2 aliphatic carbocycles. The molecule has 0 aromatic carbocycles. The van der Waals surface area contributed by atoms with Crippen LogP contribution in [-0.2, 0) is 0 Å². The lowest BCUT2D eigenvalue weighted by Gasteiger charge is -2.32. The van der Waals surface area contributed by atoms with Crippen LogP contribution in [0, 0.1) is 0 Å². The van der Waals surface area contributed by atoms with Gasteiger partial charge in [-0.05, 0) is 25.7 Å². The smallest absolute Gasteiger partial charge is 0.324 e. The van der Waals surface area contributed by atoms with Crippen molar-refractivity contribution in [2.45, 2.75) is 56.3 Å². The van der Waals surface area contributed by atoms with Gasteiger partial charge in [-0.25, -0.2) is 0 Å². The van der Waals surface area contributed by atoms with Crippen molar-refractivity contribution < 1.29 is 13.2 Å². The van der Waals surface area contributed by atoms with Gasteiger partial charge >= 0.3 is 6.18 Å². The van der Waals surface area contributed by atoms with E-state index in [1.165, 1.54) is 0 Å². The Morgan fingerprint density at radius 2 is 1.75 bits per heavy atom. The molecule has 0 aromatic rings. The molecule has 2 saturated carbocycles. The van der Waals surface area contributed by atoms with Crippen LogP contribution in [0.2, 0.25) is 0 Å². The van der Waals surface area contributed by atoms with Crippen molar-refractivity contribution in [3.63, 3.8) is 0 Å². The number of nitrogens with two attached hydrogens (primary N) is 1. The van der Waals surface area contributed by atoms with Gasteiger partial charge < -0.3 is 5.73 Å². The van der Waals surface area contributed by atoms with Gasteiger partial charge in [-0.1, -0.05) is 12.8 Å². The third kappa shape index (κ3) is 3.35. The standard InChI is InChI=1S/C11H19F3N2/c12-11(13,14)8-16(9-3-4-9)7-10(15)5-1-2-6-10/h9H,1-8,15H2. The van der Waals surface area contributed by atoms with Crippen molar-refractivity contribution in [1.82, 2.24) is 4.90 Å². The highest BCUT2D eigenvalue weighted by Gasteiger charge is 2.42. The molecule has 0 amide bonds. The highest BCUT2D eigenvalue weighted by atomic mass is 19.4. The number of nitrogens with zero attached hydrogens (tertiary/aromatic N) is 1. The number of alkyl halides is 3. The second-order valence-corrected chi connectivity index (χ2v) is 5.32. The van der Waals surface area contributed by atoms with E-state index in [0.717, 1.165) is 38.5 Å². The molecule has 2 aliphatic rings. The summed E-state index contributed by atoms with van der Waals surface area (Å²) in [5.41, 5.74) is 5.77. The van der Waals surface area contributed by atoms with Crippen LogP contribution in [0.4, 0.5) is 13.2 Å². The van der Waals surface area contributed by atoms with E-state index >= 15 is 0 Å². The molecule has 0 radical (unpaired) electrons. The number of rotatable bonds is 4. The number of hydrogen-bond donors (Lipinski definition) is 1. The molecular formula is C11H19F3N2. The van der Waals surface area contributed by atoms with Gasteiger partial charge in [0.05, 0.1) is 6.54 Å². The second kappa shape index (κ2) is 4.18. The highest BCUT2D eigenvalue weighted by Crippen LogP contribution is 2.34. The number of hydrogen-bond acceptors (Lipinski definition) is 2. The molecule has 0 heterocycles. The van der Waals surface area contributed by atoms with E-state index in [1.807, 2.05) is 0 Å². The minimum absolute atomic E-state index is 0.127. The van der Waals surface area contributed by atoms with E-state index in [0.29, 0.717) is 6.54 Å². The van der Waals surface area contributed by atoms with Gasteiger partial charge in [0.2, 0.25) is 0 Å². The van der Waals surface area contributed by atoms with Gasteiger partial charge in [0.25, 0.3) is 0 Å². The summed E-state index contributed by atoms with van der Waals surface area (Å²) in [4.78, 5) is 1.55.